The summed E-state index contributed by atoms with van der Waals surface area (Å²) in [5, 5.41) is 12.1. The first kappa shape index (κ1) is 18.3. The van der Waals surface area contributed by atoms with Crippen molar-refractivity contribution in [1.82, 2.24) is 35.3 Å². The van der Waals surface area contributed by atoms with E-state index in [4.69, 9.17) is 11.6 Å². The number of rotatable bonds is 9. The van der Waals surface area contributed by atoms with Crippen molar-refractivity contribution < 1.29 is 4.79 Å². The molecule has 0 aliphatic rings. The molecule has 0 saturated heterocycles. The quantitative estimate of drug-likeness (QED) is 0.322. The molecule has 0 radical (unpaired) electrons. The van der Waals surface area contributed by atoms with Gasteiger partial charge in [0, 0.05) is 37.4 Å². The summed E-state index contributed by atoms with van der Waals surface area (Å²) in [7, 11) is 0. The van der Waals surface area contributed by atoms with Gasteiger partial charge in [-0.1, -0.05) is 5.21 Å². The molecule has 2 rings (SSSR count). The summed E-state index contributed by atoms with van der Waals surface area (Å²) in [6, 6.07) is 0. The number of hydrogen-bond donors (Lipinski definition) is 3. The van der Waals surface area contributed by atoms with E-state index in [2.05, 4.69) is 25.6 Å². The van der Waals surface area contributed by atoms with Gasteiger partial charge in [-0.15, -0.1) is 5.10 Å². The number of nitrogens with zero attached hydrogens (tertiary/aromatic N) is 6. The van der Waals surface area contributed by atoms with Crippen molar-refractivity contribution in [3.8, 4) is 0 Å². The molecule has 0 aliphatic heterocycles. The fourth-order valence-electron chi connectivity index (χ4n) is 2.09. The fraction of sp³-hybridized carbons (Fsp3) is 0.400. The van der Waals surface area contributed by atoms with Crippen LogP contribution < -0.4 is 16.9 Å². The zero-order chi connectivity index (χ0) is 18.1. The summed E-state index contributed by atoms with van der Waals surface area (Å²) < 4.78 is 1.64. The van der Waals surface area contributed by atoms with Gasteiger partial charge in [0.05, 0.1) is 24.6 Å². The Kier molecular flexibility index (Phi) is 6.84. The van der Waals surface area contributed by atoms with E-state index in [1.807, 2.05) is 0 Å². The standard InChI is InChI=1S/C15H23N9O/c1-12(16)10-23(17)6-2-3-7-24-11-14(21-22-24)15(25)20-9-13-8-18-4-5-19-13/h4-5,8,10-11H,2-3,6-7,9,16-17H2,1H3,(H,20,25)/b12-10-. The molecule has 2 heterocycles. The van der Waals surface area contributed by atoms with Crippen LogP contribution in [-0.2, 0) is 13.1 Å². The molecule has 134 valence electrons. The predicted octanol–water partition coefficient (Wildman–Crippen LogP) is -0.226. The number of carbonyl (C=O) groups excluding carboxylic acids is 1. The second kappa shape index (κ2) is 9.33. The van der Waals surface area contributed by atoms with E-state index >= 15 is 0 Å². The minimum Gasteiger partial charge on any atom is -0.401 e. The fourth-order valence-corrected chi connectivity index (χ4v) is 2.09. The molecule has 0 bridgehead atoms. The highest BCUT2D eigenvalue weighted by atomic mass is 16.2. The van der Waals surface area contributed by atoms with Crippen LogP contribution in [0.2, 0.25) is 0 Å². The molecule has 0 spiro atoms. The molecule has 0 unspecified atom stereocenters. The molecule has 0 atom stereocenters. The van der Waals surface area contributed by atoms with E-state index in [9.17, 15) is 4.79 Å². The summed E-state index contributed by atoms with van der Waals surface area (Å²) in [6.45, 7) is 3.42. The van der Waals surface area contributed by atoms with Gasteiger partial charge in [-0.25, -0.2) is 5.84 Å². The first-order chi connectivity index (χ1) is 12.0. The van der Waals surface area contributed by atoms with Crippen LogP contribution in [0.15, 0.2) is 36.7 Å². The third kappa shape index (κ3) is 6.55. The number of aromatic nitrogens is 5. The van der Waals surface area contributed by atoms with Gasteiger partial charge in [-0.05, 0) is 19.8 Å². The molecular formula is C15H23N9O. The molecule has 0 aliphatic carbocycles. The largest absolute Gasteiger partial charge is 0.401 e. The maximum Gasteiger partial charge on any atom is 0.273 e. The second-order valence-electron chi connectivity index (χ2n) is 5.56. The third-order valence-electron chi connectivity index (χ3n) is 3.24. The van der Waals surface area contributed by atoms with E-state index in [0.29, 0.717) is 31.0 Å². The number of hydrogen-bond acceptors (Lipinski definition) is 8. The van der Waals surface area contributed by atoms with Crippen LogP contribution in [0, 0.1) is 0 Å². The van der Waals surface area contributed by atoms with Crippen LogP contribution in [0.1, 0.15) is 35.9 Å². The van der Waals surface area contributed by atoms with E-state index in [1.165, 1.54) is 0 Å². The topological polar surface area (TPSA) is 141 Å². The summed E-state index contributed by atoms with van der Waals surface area (Å²) in [5.41, 5.74) is 7.16. The average Bonchev–Trinajstić information content (AvgIpc) is 3.06. The normalized spacial score (nSPS) is 11.4. The van der Waals surface area contributed by atoms with Crippen LogP contribution in [0.4, 0.5) is 0 Å². The van der Waals surface area contributed by atoms with Crippen molar-refractivity contribution in [1.29, 1.82) is 0 Å². The Balaban J connectivity index is 1.72. The van der Waals surface area contributed by atoms with Crippen molar-refractivity contribution in [2.24, 2.45) is 11.6 Å². The van der Waals surface area contributed by atoms with Crippen molar-refractivity contribution in [3.05, 3.63) is 48.1 Å². The molecule has 2 aromatic rings. The van der Waals surface area contributed by atoms with Gasteiger partial charge in [0.1, 0.15) is 0 Å². The molecule has 1 amide bonds. The van der Waals surface area contributed by atoms with Crippen LogP contribution in [0.25, 0.3) is 0 Å². The first-order valence-electron chi connectivity index (χ1n) is 7.93. The summed E-state index contributed by atoms with van der Waals surface area (Å²) in [5.74, 6) is 5.46. The van der Waals surface area contributed by atoms with Crippen LogP contribution in [-0.4, -0.2) is 42.4 Å². The third-order valence-corrected chi connectivity index (χ3v) is 3.24. The van der Waals surface area contributed by atoms with Gasteiger partial charge >= 0.3 is 0 Å². The minimum absolute atomic E-state index is 0.269. The molecule has 5 N–H and O–H groups in total. The number of aryl methyl sites for hydroxylation is 1. The van der Waals surface area contributed by atoms with E-state index in [-0.39, 0.29) is 11.6 Å². The number of nitrogens with two attached hydrogens (primary N) is 2. The number of allylic oxidation sites excluding steroid dienone is 1. The number of hydrazine groups is 1. The number of nitrogens with one attached hydrogen (secondary N) is 1. The predicted molar refractivity (Wildman–Crippen MR) is 91.3 cm³/mol. The monoisotopic (exact) mass is 345 g/mol. The zero-order valence-electron chi connectivity index (χ0n) is 14.2. The Morgan fingerprint density at radius 3 is 2.96 bits per heavy atom. The van der Waals surface area contributed by atoms with Crippen molar-refractivity contribution in [2.75, 3.05) is 6.54 Å². The summed E-state index contributed by atoms with van der Waals surface area (Å²) in [6.07, 6.45) is 9.78. The van der Waals surface area contributed by atoms with Crippen molar-refractivity contribution >= 4 is 5.91 Å². The summed E-state index contributed by atoms with van der Waals surface area (Å²) in [4.78, 5) is 20.1. The molecule has 10 nitrogen and oxygen atoms in total. The van der Waals surface area contributed by atoms with E-state index in [1.54, 1.807) is 47.6 Å². The lowest BCUT2D eigenvalue weighted by molar-refractivity contribution is 0.0945. The average molecular weight is 345 g/mol. The highest BCUT2D eigenvalue weighted by Crippen LogP contribution is 1.99. The number of carbonyl (C=O) groups is 1. The Morgan fingerprint density at radius 2 is 2.24 bits per heavy atom. The molecule has 0 saturated carbocycles. The second-order valence-corrected chi connectivity index (χ2v) is 5.56. The Labute approximate surface area is 145 Å². The minimum atomic E-state index is -0.298. The van der Waals surface area contributed by atoms with Gasteiger partial charge in [-0.3, -0.25) is 19.4 Å². The lowest BCUT2D eigenvalue weighted by atomic mass is 10.3. The van der Waals surface area contributed by atoms with Gasteiger partial charge in [0.2, 0.25) is 0 Å². The van der Waals surface area contributed by atoms with Crippen molar-refractivity contribution in [3.63, 3.8) is 0 Å². The molecule has 2 aromatic heterocycles. The van der Waals surface area contributed by atoms with Crippen LogP contribution >= 0.6 is 0 Å². The smallest absolute Gasteiger partial charge is 0.273 e. The van der Waals surface area contributed by atoms with E-state index in [0.717, 1.165) is 12.8 Å². The molecule has 25 heavy (non-hydrogen) atoms. The van der Waals surface area contributed by atoms with Gasteiger partial charge in [0.15, 0.2) is 5.69 Å². The summed E-state index contributed by atoms with van der Waals surface area (Å²) >= 11 is 0. The highest BCUT2D eigenvalue weighted by molar-refractivity contribution is 5.91. The van der Waals surface area contributed by atoms with E-state index < -0.39 is 0 Å². The Morgan fingerprint density at radius 1 is 1.40 bits per heavy atom. The highest BCUT2D eigenvalue weighted by Gasteiger charge is 2.10. The van der Waals surface area contributed by atoms with Gasteiger partial charge < -0.3 is 16.1 Å². The Hall–Kier alpha value is -3.01. The van der Waals surface area contributed by atoms with Crippen LogP contribution in [0.3, 0.4) is 0 Å². The maximum absolute atomic E-state index is 12.0. The molecular weight excluding hydrogens is 322 g/mol. The SMILES string of the molecule is C/C(N)=C/N(N)CCCCn1cc(C(=O)NCc2cnccn2)nn1. The van der Waals surface area contributed by atoms with Gasteiger partial charge in [-0.2, -0.15) is 0 Å². The molecule has 0 aromatic carbocycles. The Bertz CT molecular complexity index is 694. The zero-order valence-corrected chi connectivity index (χ0v) is 14.2. The lowest BCUT2D eigenvalue weighted by Gasteiger charge is -2.13. The first-order valence-corrected chi connectivity index (χ1v) is 7.93. The van der Waals surface area contributed by atoms with Crippen LogP contribution in [0.5, 0.6) is 0 Å². The molecule has 0 fully saturated rings. The molecule has 10 heteroatoms. The van der Waals surface area contributed by atoms with Crippen molar-refractivity contribution in [2.45, 2.75) is 32.9 Å². The van der Waals surface area contributed by atoms with Gasteiger partial charge in [0.25, 0.3) is 5.91 Å². The number of amides is 1. The lowest BCUT2D eigenvalue weighted by Crippen LogP contribution is -2.27. The number of unbranched alkanes of at least 4 members (excludes halogenated alkanes) is 1. The maximum atomic E-state index is 12.0.